The van der Waals surface area contributed by atoms with Gasteiger partial charge in [0.15, 0.2) is 0 Å². The number of aryl methyl sites for hydroxylation is 2. The van der Waals surface area contributed by atoms with Gasteiger partial charge in [-0.2, -0.15) is 4.98 Å². The summed E-state index contributed by atoms with van der Waals surface area (Å²) in [5.74, 6) is 1.44. The lowest BCUT2D eigenvalue weighted by Crippen LogP contribution is -2.08. The highest BCUT2D eigenvalue weighted by Gasteiger charge is 2.08. The summed E-state index contributed by atoms with van der Waals surface area (Å²) >= 11 is 0. The van der Waals surface area contributed by atoms with Crippen molar-refractivity contribution in [2.24, 2.45) is 0 Å². The molecule has 0 aliphatic heterocycles. The van der Waals surface area contributed by atoms with Crippen molar-refractivity contribution in [1.82, 2.24) is 9.97 Å². The van der Waals surface area contributed by atoms with Gasteiger partial charge in [-0.25, -0.2) is 4.98 Å². The molecule has 0 radical (unpaired) electrons. The van der Waals surface area contributed by atoms with Crippen LogP contribution in [0.25, 0.3) is 10.9 Å². The number of nitrogens with zero attached hydrogens (tertiary/aromatic N) is 2. The van der Waals surface area contributed by atoms with Gasteiger partial charge in [0.25, 0.3) is 0 Å². The van der Waals surface area contributed by atoms with Gasteiger partial charge in [-0.15, -0.1) is 0 Å². The lowest BCUT2D eigenvalue weighted by molar-refractivity contribution is 0.198. The third-order valence-electron chi connectivity index (χ3n) is 3.90. The average Bonchev–Trinajstić information content (AvgIpc) is 2.57. The minimum atomic E-state index is 0.595. The van der Waals surface area contributed by atoms with Crippen molar-refractivity contribution < 1.29 is 4.74 Å². The molecular formula is C20H24N4O. The fraction of sp³-hybridized carbons (Fsp3) is 0.300. The summed E-state index contributed by atoms with van der Waals surface area (Å²) in [5, 5.41) is 7.75. The Morgan fingerprint density at radius 1 is 1.00 bits per heavy atom. The highest BCUT2D eigenvalue weighted by atomic mass is 16.5. The summed E-state index contributed by atoms with van der Waals surface area (Å²) in [7, 11) is 1.71. The molecule has 0 aliphatic carbocycles. The number of nitrogens with one attached hydrogen (secondary N) is 2. The largest absolute Gasteiger partial charge is 0.385 e. The number of hydrogen-bond donors (Lipinski definition) is 2. The Kier molecular flexibility index (Phi) is 5.46. The van der Waals surface area contributed by atoms with E-state index in [-0.39, 0.29) is 0 Å². The quantitative estimate of drug-likeness (QED) is 0.625. The lowest BCUT2D eigenvalue weighted by atomic mass is 10.1. The summed E-state index contributed by atoms with van der Waals surface area (Å²) in [6.07, 6.45) is 0.925. The predicted molar refractivity (Wildman–Crippen MR) is 104 cm³/mol. The number of aromatic nitrogens is 2. The van der Waals surface area contributed by atoms with Gasteiger partial charge in [0, 0.05) is 31.3 Å². The topological polar surface area (TPSA) is 59.1 Å². The van der Waals surface area contributed by atoms with Gasteiger partial charge in [-0.05, 0) is 55.7 Å². The van der Waals surface area contributed by atoms with Crippen LogP contribution >= 0.6 is 0 Å². The SMILES string of the molecule is COCCCNc1nc(Nc2cc(C)cc(C)c2)nc2ccccc12. The van der Waals surface area contributed by atoms with E-state index in [0.717, 1.165) is 42.0 Å². The van der Waals surface area contributed by atoms with Gasteiger partial charge in [-0.1, -0.05) is 18.2 Å². The van der Waals surface area contributed by atoms with Gasteiger partial charge in [-0.3, -0.25) is 0 Å². The molecular weight excluding hydrogens is 312 g/mol. The van der Waals surface area contributed by atoms with Crippen molar-refractivity contribution in [1.29, 1.82) is 0 Å². The number of methoxy groups -OCH3 is 1. The molecule has 0 fully saturated rings. The Hall–Kier alpha value is -2.66. The molecule has 1 aromatic heterocycles. The number of rotatable bonds is 7. The number of para-hydroxylation sites is 1. The second-order valence-electron chi connectivity index (χ2n) is 6.19. The van der Waals surface area contributed by atoms with Gasteiger partial charge in [0.2, 0.25) is 5.95 Å². The molecule has 0 bridgehead atoms. The first-order valence-corrected chi connectivity index (χ1v) is 8.50. The van der Waals surface area contributed by atoms with E-state index in [1.807, 2.05) is 24.3 Å². The van der Waals surface area contributed by atoms with E-state index in [0.29, 0.717) is 5.95 Å². The molecule has 0 atom stereocenters. The van der Waals surface area contributed by atoms with E-state index in [4.69, 9.17) is 4.74 Å². The highest BCUT2D eigenvalue weighted by Crippen LogP contribution is 2.24. The average molecular weight is 336 g/mol. The van der Waals surface area contributed by atoms with E-state index in [2.05, 4.69) is 52.6 Å². The standard InChI is InChI=1S/C20H24N4O/c1-14-11-15(2)13-16(12-14)22-20-23-18-8-5-4-7-17(18)19(24-20)21-9-6-10-25-3/h4-5,7-8,11-13H,6,9-10H2,1-3H3,(H2,21,22,23,24). The van der Waals surface area contributed by atoms with Crippen molar-refractivity contribution >= 4 is 28.4 Å². The van der Waals surface area contributed by atoms with Crippen LogP contribution in [-0.4, -0.2) is 30.2 Å². The smallest absolute Gasteiger partial charge is 0.229 e. The Bertz CT molecular complexity index is 843. The second kappa shape index (κ2) is 7.94. The zero-order chi connectivity index (χ0) is 17.6. The fourth-order valence-corrected chi connectivity index (χ4v) is 2.87. The van der Waals surface area contributed by atoms with Crippen molar-refractivity contribution in [3.05, 3.63) is 53.6 Å². The summed E-state index contributed by atoms with van der Waals surface area (Å²) in [6.45, 7) is 5.70. The van der Waals surface area contributed by atoms with Crippen molar-refractivity contribution in [3.63, 3.8) is 0 Å². The minimum absolute atomic E-state index is 0.595. The van der Waals surface area contributed by atoms with Crippen LogP contribution in [-0.2, 0) is 4.74 Å². The van der Waals surface area contributed by atoms with Crippen LogP contribution in [0, 0.1) is 13.8 Å². The fourth-order valence-electron chi connectivity index (χ4n) is 2.87. The summed E-state index contributed by atoms with van der Waals surface area (Å²) in [4.78, 5) is 9.33. The summed E-state index contributed by atoms with van der Waals surface area (Å²) in [6, 6.07) is 14.4. The molecule has 0 unspecified atom stereocenters. The first-order chi connectivity index (χ1) is 12.2. The molecule has 130 valence electrons. The Morgan fingerprint density at radius 3 is 2.52 bits per heavy atom. The number of benzene rings is 2. The van der Waals surface area contributed by atoms with Crippen LogP contribution in [0.15, 0.2) is 42.5 Å². The summed E-state index contributed by atoms with van der Waals surface area (Å²) in [5.41, 5.74) is 4.33. The molecule has 0 spiro atoms. The molecule has 3 aromatic rings. The first kappa shape index (κ1) is 17.2. The Morgan fingerprint density at radius 2 is 1.76 bits per heavy atom. The predicted octanol–water partition coefficient (Wildman–Crippen LogP) is 4.44. The normalized spacial score (nSPS) is 10.8. The van der Waals surface area contributed by atoms with E-state index < -0.39 is 0 Å². The zero-order valence-corrected chi connectivity index (χ0v) is 15.0. The van der Waals surface area contributed by atoms with Gasteiger partial charge in [0.05, 0.1) is 5.52 Å². The molecule has 5 heteroatoms. The maximum atomic E-state index is 5.11. The number of fused-ring (bicyclic) bond motifs is 1. The van der Waals surface area contributed by atoms with E-state index >= 15 is 0 Å². The molecule has 0 saturated heterocycles. The maximum Gasteiger partial charge on any atom is 0.229 e. The number of anilines is 3. The molecule has 1 heterocycles. The van der Waals surface area contributed by atoms with Crippen molar-refractivity contribution in [2.75, 3.05) is 30.9 Å². The summed E-state index contributed by atoms with van der Waals surface area (Å²) < 4.78 is 5.11. The van der Waals surface area contributed by atoms with Gasteiger partial charge >= 0.3 is 0 Å². The third kappa shape index (κ3) is 4.45. The first-order valence-electron chi connectivity index (χ1n) is 8.50. The van der Waals surface area contributed by atoms with Gasteiger partial charge in [0.1, 0.15) is 5.82 Å². The molecule has 0 aliphatic rings. The molecule has 25 heavy (non-hydrogen) atoms. The molecule has 5 nitrogen and oxygen atoms in total. The van der Waals surface area contributed by atoms with E-state index in [1.165, 1.54) is 11.1 Å². The van der Waals surface area contributed by atoms with Crippen molar-refractivity contribution in [2.45, 2.75) is 20.3 Å². The van der Waals surface area contributed by atoms with Crippen LogP contribution in [0.5, 0.6) is 0 Å². The molecule has 2 aromatic carbocycles. The molecule has 0 saturated carbocycles. The Balaban J connectivity index is 1.89. The van der Waals surface area contributed by atoms with Crippen LogP contribution in [0.2, 0.25) is 0 Å². The highest BCUT2D eigenvalue weighted by molar-refractivity contribution is 5.90. The second-order valence-corrected chi connectivity index (χ2v) is 6.19. The maximum absolute atomic E-state index is 5.11. The van der Waals surface area contributed by atoms with Crippen molar-refractivity contribution in [3.8, 4) is 0 Å². The molecule has 0 amide bonds. The molecule has 2 N–H and O–H groups in total. The van der Waals surface area contributed by atoms with Crippen LogP contribution < -0.4 is 10.6 Å². The Labute approximate surface area is 148 Å². The van der Waals surface area contributed by atoms with Crippen LogP contribution in [0.3, 0.4) is 0 Å². The van der Waals surface area contributed by atoms with E-state index in [9.17, 15) is 0 Å². The number of ether oxygens (including phenoxy) is 1. The zero-order valence-electron chi connectivity index (χ0n) is 15.0. The number of hydrogen-bond acceptors (Lipinski definition) is 5. The van der Waals surface area contributed by atoms with Crippen LogP contribution in [0.1, 0.15) is 17.5 Å². The minimum Gasteiger partial charge on any atom is -0.385 e. The van der Waals surface area contributed by atoms with Gasteiger partial charge < -0.3 is 15.4 Å². The lowest BCUT2D eigenvalue weighted by Gasteiger charge is -2.12. The third-order valence-corrected chi connectivity index (χ3v) is 3.90. The van der Waals surface area contributed by atoms with Crippen LogP contribution in [0.4, 0.5) is 17.5 Å². The van der Waals surface area contributed by atoms with E-state index in [1.54, 1.807) is 7.11 Å². The molecule has 3 rings (SSSR count). The monoisotopic (exact) mass is 336 g/mol.